The van der Waals surface area contributed by atoms with Gasteiger partial charge in [0.05, 0.1) is 0 Å². The molecule has 0 aliphatic heterocycles. The maximum Gasteiger partial charge on any atom is 0.321 e. The third-order valence-corrected chi connectivity index (χ3v) is 5.06. The minimum absolute atomic E-state index is 0.0791. The fourth-order valence-electron chi connectivity index (χ4n) is 2.05. The Hall–Kier alpha value is -0.260. The number of hydrogen-bond donors (Lipinski definition) is 3. The molecule has 0 saturated heterocycles. The number of rotatable bonds is 14. The highest BCUT2D eigenvalue weighted by molar-refractivity contribution is 8.00. The van der Waals surface area contributed by atoms with Crippen LogP contribution in [-0.2, 0) is 4.79 Å². The van der Waals surface area contributed by atoms with Gasteiger partial charge in [-0.15, -0.1) is 0 Å². The first-order chi connectivity index (χ1) is 9.93. The van der Waals surface area contributed by atoms with E-state index in [1.54, 1.807) is 11.8 Å². The molecule has 21 heavy (non-hydrogen) atoms. The van der Waals surface area contributed by atoms with Gasteiger partial charge >= 0.3 is 5.97 Å². The van der Waals surface area contributed by atoms with Crippen molar-refractivity contribution < 1.29 is 15.0 Å². The van der Waals surface area contributed by atoms with Crippen LogP contribution in [0.3, 0.4) is 0 Å². The van der Waals surface area contributed by atoms with E-state index in [9.17, 15) is 9.90 Å². The van der Waals surface area contributed by atoms with E-state index in [-0.39, 0.29) is 11.4 Å². The van der Waals surface area contributed by atoms with E-state index in [0.717, 1.165) is 13.0 Å². The number of carboxylic acids is 1. The first kappa shape index (κ1) is 20.7. The second-order valence-corrected chi connectivity index (χ2v) is 7.88. The summed E-state index contributed by atoms with van der Waals surface area (Å²) in [6.07, 6.45) is 7.96. The highest BCUT2D eigenvalue weighted by Gasteiger charge is 2.23. The molecule has 0 aromatic carbocycles. The van der Waals surface area contributed by atoms with Crippen molar-refractivity contribution in [2.24, 2.45) is 0 Å². The molecule has 0 unspecified atom stereocenters. The molecular weight excluding hydrogens is 286 g/mol. The smallest absolute Gasteiger partial charge is 0.321 e. The normalized spacial score (nSPS) is 13.3. The molecular formula is C16H33NO3S. The third-order valence-electron chi connectivity index (χ3n) is 3.57. The molecule has 1 atom stereocenters. The summed E-state index contributed by atoms with van der Waals surface area (Å²) in [6, 6.07) is -0.497. The van der Waals surface area contributed by atoms with Crippen molar-refractivity contribution in [3.8, 4) is 0 Å². The zero-order chi connectivity index (χ0) is 16.1. The van der Waals surface area contributed by atoms with Crippen LogP contribution >= 0.6 is 11.8 Å². The SMILES string of the molecule is CCCCCCCCN[C@@H](CSC(C)(C)CCO)C(=O)O. The van der Waals surface area contributed by atoms with Gasteiger partial charge in [0, 0.05) is 17.1 Å². The Bertz CT molecular complexity index is 272. The number of carbonyl (C=O) groups is 1. The molecule has 0 bridgehead atoms. The summed E-state index contributed by atoms with van der Waals surface area (Å²) in [5.74, 6) is -0.244. The molecule has 0 radical (unpaired) electrons. The number of aliphatic hydroxyl groups excluding tert-OH is 1. The van der Waals surface area contributed by atoms with Crippen molar-refractivity contribution in [2.75, 3.05) is 18.9 Å². The van der Waals surface area contributed by atoms with Crippen LogP contribution in [0.15, 0.2) is 0 Å². The Labute approximate surface area is 134 Å². The molecule has 4 nitrogen and oxygen atoms in total. The van der Waals surface area contributed by atoms with Crippen molar-refractivity contribution >= 4 is 17.7 Å². The van der Waals surface area contributed by atoms with Crippen LogP contribution in [0.2, 0.25) is 0 Å². The molecule has 0 aliphatic carbocycles. The van der Waals surface area contributed by atoms with Crippen LogP contribution in [0.4, 0.5) is 0 Å². The molecule has 0 aliphatic rings. The van der Waals surface area contributed by atoms with E-state index in [0.29, 0.717) is 12.2 Å². The first-order valence-electron chi connectivity index (χ1n) is 8.14. The molecule has 5 heteroatoms. The molecule has 0 spiro atoms. The summed E-state index contributed by atoms with van der Waals surface area (Å²) in [7, 11) is 0. The van der Waals surface area contributed by atoms with Crippen molar-refractivity contribution in [3.05, 3.63) is 0 Å². The van der Waals surface area contributed by atoms with Gasteiger partial charge in [-0.05, 0) is 19.4 Å². The number of hydrogen-bond acceptors (Lipinski definition) is 4. The Kier molecular flexibility index (Phi) is 12.1. The number of nitrogens with one attached hydrogen (secondary N) is 1. The Morgan fingerprint density at radius 2 is 1.81 bits per heavy atom. The van der Waals surface area contributed by atoms with Gasteiger partial charge in [0.15, 0.2) is 0 Å². The predicted molar refractivity (Wildman–Crippen MR) is 91.0 cm³/mol. The topological polar surface area (TPSA) is 69.6 Å². The molecule has 126 valence electrons. The summed E-state index contributed by atoms with van der Waals surface area (Å²) >= 11 is 1.61. The summed E-state index contributed by atoms with van der Waals surface area (Å²) in [5.41, 5.74) is 0. The zero-order valence-corrected chi connectivity index (χ0v) is 14.7. The molecule has 0 aromatic rings. The van der Waals surface area contributed by atoms with Gasteiger partial charge in [-0.3, -0.25) is 4.79 Å². The van der Waals surface area contributed by atoms with Crippen molar-refractivity contribution in [1.29, 1.82) is 0 Å². The van der Waals surface area contributed by atoms with Crippen molar-refractivity contribution in [1.82, 2.24) is 5.32 Å². The average Bonchev–Trinajstić information content (AvgIpc) is 2.40. The summed E-state index contributed by atoms with van der Waals surface area (Å²) in [4.78, 5) is 11.3. The molecule has 0 fully saturated rings. The van der Waals surface area contributed by atoms with Gasteiger partial charge < -0.3 is 15.5 Å². The lowest BCUT2D eigenvalue weighted by Gasteiger charge is -2.25. The highest BCUT2D eigenvalue weighted by Crippen LogP contribution is 2.28. The zero-order valence-electron chi connectivity index (χ0n) is 13.9. The molecule has 0 saturated carbocycles. The lowest BCUT2D eigenvalue weighted by Crippen LogP contribution is -2.40. The van der Waals surface area contributed by atoms with Gasteiger partial charge in [0.2, 0.25) is 0 Å². The van der Waals surface area contributed by atoms with Crippen molar-refractivity contribution in [3.63, 3.8) is 0 Å². The lowest BCUT2D eigenvalue weighted by atomic mass is 10.1. The largest absolute Gasteiger partial charge is 0.480 e. The van der Waals surface area contributed by atoms with Gasteiger partial charge in [-0.2, -0.15) is 11.8 Å². The standard InChI is InChI=1S/C16H33NO3S/c1-4-5-6-7-8-9-11-17-14(15(19)20)13-21-16(2,3)10-12-18/h14,17-18H,4-13H2,1-3H3,(H,19,20)/t14-/m0/s1. The van der Waals surface area contributed by atoms with Crippen LogP contribution < -0.4 is 5.32 Å². The highest BCUT2D eigenvalue weighted by atomic mass is 32.2. The molecule has 3 N–H and O–H groups in total. The third kappa shape index (κ3) is 12.0. The predicted octanol–water partition coefficient (Wildman–Crippen LogP) is 3.28. The van der Waals surface area contributed by atoms with Gasteiger partial charge in [0.1, 0.15) is 6.04 Å². The van der Waals surface area contributed by atoms with Crippen LogP contribution in [0, 0.1) is 0 Å². The number of carboxylic acid groups (broad SMARTS) is 1. The van der Waals surface area contributed by atoms with Gasteiger partial charge in [-0.1, -0.05) is 52.9 Å². The fourth-order valence-corrected chi connectivity index (χ4v) is 3.16. The second-order valence-electron chi connectivity index (χ2n) is 6.16. The minimum Gasteiger partial charge on any atom is -0.480 e. The van der Waals surface area contributed by atoms with Crippen LogP contribution in [0.25, 0.3) is 0 Å². The summed E-state index contributed by atoms with van der Waals surface area (Å²) in [6.45, 7) is 7.20. The summed E-state index contributed by atoms with van der Waals surface area (Å²) < 4.78 is -0.0791. The molecule has 0 aromatic heterocycles. The monoisotopic (exact) mass is 319 g/mol. The quantitative estimate of drug-likeness (QED) is 0.429. The second kappa shape index (κ2) is 12.3. The van der Waals surface area contributed by atoms with E-state index < -0.39 is 12.0 Å². The average molecular weight is 320 g/mol. The first-order valence-corrected chi connectivity index (χ1v) is 9.12. The van der Waals surface area contributed by atoms with E-state index in [4.69, 9.17) is 5.11 Å². The van der Waals surface area contributed by atoms with Gasteiger partial charge in [0.25, 0.3) is 0 Å². The van der Waals surface area contributed by atoms with Gasteiger partial charge in [-0.25, -0.2) is 0 Å². The maximum absolute atomic E-state index is 11.3. The maximum atomic E-state index is 11.3. The van der Waals surface area contributed by atoms with E-state index in [1.807, 2.05) is 13.8 Å². The van der Waals surface area contributed by atoms with Crippen molar-refractivity contribution in [2.45, 2.75) is 76.5 Å². The summed E-state index contributed by atoms with van der Waals surface area (Å²) in [5, 5.41) is 21.4. The minimum atomic E-state index is -0.784. The Balaban J connectivity index is 3.85. The van der Waals surface area contributed by atoms with Crippen LogP contribution in [-0.4, -0.2) is 45.9 Å². The fraction of sp³-hybridized carbons (Fsp3) is 0.938. The number of unbranched alkanes of at least 4 members (excludes halogenated alkanes) is 5. The number of thioether (sulfide) groups is 1. The van der Waals surface area contributed by atoms with Crippen LogP contribution in [0.5, 0.6) is 0 Å². The Morgan fingerprint density at radius 3 is 2.38 bits per heavy atom. The Morgan fingerprint density at radius 1 is 1.19 bits per heavy atom. The number of aliphatic hydroxyl groups is 1. The lowest BCUT2D eigenvalue weighted by molar-refractivity contribution is -0.138. The van der Waals surface area contributed by atoms with E-state index in [2.05, 4.69) is 12.2 Å². The molecule has 0 heterocycles. The van der Waals surface area contributed by atoms with E-state index >= 15 is 0 Å². The van der Waals surface area contributed by atoms with E-state index in [1.165, 1.54) is 32.1 Å². The van der Waals surface area contributed by atoms with Crippen LogP contribution in [0.1, 0.15) is 65.7 Å². The number of aliphatic carboxylic acids is 1. The molecule has 0 rings (SSSR count). The molecule has 0 amide bonds.